The zero-order valence-corrected chi connectivity index (χ0v) is 14.8. The van der Waals surface area contributed by atoms with E-state index in [1.807, 2.05) is 0 Å². The number of hydrogen-bond acceptors (Lipinski definition) is 7. The molecule has 1 aliphatic carbocycles. The Morgan fingerprint density at radius 1 is 0.958 bits per heavy atom. The van der Waals surface area contributed by atoms with Gasteiger partial charge in [-0.25, -0.2) is 0 Å². The first-order valence-corrected chi connectivity index (χ1v) is 9.13. The van der Waals surface area contributed by atoms with Crippen molar-refractivity contribution in [3.8, 4) is 6.01 Å². The van der Waals surface area contributed by atoms with Gasteiger partial charge in [-0.05, 0) is 38.5 Å². The smallest absolute Gasteiger partial charge is 0.322 e. The highest BCUT2D eigenvalue weighted by Gasteiger charge is 2.23. The Labute approximate surface area is 144 Å². The van der Waals surface area contributed by atoms with Crippen LogP contribution in [0.3, 0.4) is 0 Å². The molecule has 1 saturated carbocycles. The summed E-state index contributed by atoms with van der Waals surface area (Å²) in [5, 5.41) is 3.47. The molecule has 0 spiro atoms. The Morgan fingerprint density at radius 2 is 1.75 bits per heavy atom. The Bertz CT molecular complexity index is 520. The van der Waals surface area contributed by atoms with Gasteiger partial charge in [0.2, 0.25) is 11.9 Å². The number of anilines is 2. The molecule has 1 aromatic heterocycles. The molecule has 1 aliphatic heterocycles. The lowest BCUT2D eigenvalue weighted by Crippen LogP contribution is -2.32. The molecule has 0 aromatic carbocycles. The van der Waals surface area contributed by atoms with Crippen LogP contribution in [0.25, 0.3) is 0 Å². The van der Waals surface area contributed by atoms with Crippen molar-refractivity contribution in [2.75, 3.05) is 37.5 Å². The molecule has 1 N–H and O–H groups in total. The van der Waals surface area contributed by atoms with Gasteiger partial charge in [0.15, 0.2) is 0 Å². The van der Waals surface area contributed by atoms with Crippen molar-refractivity contribution in [2.45, 2.75) is 63.5 Å². The second-order valence-corrected chi connectivity index (χ2v) is 6.71. The molecule has 24 heavy (non-hydrogen) atoms. The molecule has 7 nitrogen and oxygen atoms in total. The van der Waals surface area contributed by atoms with E-state index in [-0.39, 0.29) is 0 Å². The fourth-order valence-corrected chi connectivity index (χ4v) is 3.59. The monoisotopic (exact) mass is 335 g/mol. The number of aromatic nitrogens is 3. The summed E-state index contributed by atoms with van der Waals surface area (Å²) in [5.41, 5.74) is 0. The summed E-state index contributed by atoms with van der Waals surface area (Å²) in [6.07, 6.45) is 9.67. The van der Waals surface area contributed by atoms with Gasteiger partial charge in [-0.2, -0.15) is 15.0 Å². The SMILES string of the molecule is COc1nc(NC2CCCC(OC)C2)nc(N2CCCCCC2)n1. The fourth-order valence-electron chi connectivity index (χ4n) is 3.59. The summed E-state index contributed by atoms with van der Waals surface area (Å²) in [6.45, 7) is 2.00. The third-order valence-corrected chi connectivity index (χ3v) is 4.97. The van der Waals surface area contributed by atoms with Gasteiger partial charge < -0.3 is 19.7 Å². The summed E-state index contributed by atoms with van der Waals surface area (Å²) in [4.78, 5) is 15.8. The van der Waals surface area contributed by atoms with Gasteiger partial charge in [0.05, 0.1) is 13.2 Å². The van der Waals surface area contributed by atoms with Crippen LogP contribution in [-0.2, 0) is 4.74 Å². The topological polar surface area (TPSA) is 72.4 Å². The zero-order valence-electron chi connectivity index (χ0n) is 14.8. The third kappa shape index (κ3) is 4.47. The predicted molar refractivity (Wildman–Crippen MR) is 93.7 cm³/mol. The molecule has 1 aromatic rings. The van der Waals surface area contributed by atoms with Gasteiger partial charge in [0.25, 0.3) is 0 Å². The average Bonchev–Trinajstić information content (AvgIpc) is 2.91. The highest BCUT2D eigenvalue weighted by Crippen LogP contribution is 2.24. The van der Waals surface area contributed by atoms with Crippen LogP contribution in [0.2, 0.25) is 0 Å². The minimum Gasteiger partial charge on any atom is -0.467 e. The molecule has 2 aliphatic rings. The molecule has 0 amide bonds. The quantitative estimate of drug-likeness (QED) is 0.886. The van der Waals surface area contributed by atoms with Gasteiger partial charge in [0.1, 0.15) is 0 Å². The molecule has 7 heteroatoms. The van der Waals surface area contributed by atoms with Gasteiger partial charge in [-0.1, -0.05) is 12.8 Å². The van der Waals surface area contributed by atoms with E-state index < -0.39 is 0 Å². The first-order chi connectivity index (χ1) is 11.8. The highest BCUT2D eigenvalue weighted by molar-refractivity contribution is 5.39. The summed E-state index contributed by atoms with van der Waals surface area (Å²) >= 11 is 0. The standard InChI is InChI=1S/C17H29N5O2/c1-23-14-9-7-8-13(12-14)18-15-19-16(21-17(20-15)24-2)22-10-5-3-4-6-11-22/h13-14H,3-12H2,1-2H3,(H,18,19,20,21). The molecule has 1 saturated heterocycles. The number of nitrogens with one attached hydrogen (secondary N) is 1. The summed E-state index contributed by atoms with van der Waals surface area (Å²) in [6, 6.07) is 0.721. The number of ether oxygens (including phenoxy) is 2. The molecular formula is C17H29N5O2. The van der Waals surface area contributed by atoms with Crippen LogP contribution in [0.4, 0.5) is 11.9 Å². The lowest BCUT2D eigenvalue weighted by atomic mass is 9.93. The van der Waals surface area contributed by atoms with E-state index in [4.69, 9.17) is 9.47 Å². The van der Waals surface area contributed by atoms with Gasteiger partial charge >= 0.3 is 6.01 Å². The van der Waals surface area contributed by atoms with Crippen molar-refractivity contribution < 1.29 is 9.47 Å². The van der Waals surface area contributed by atoms with Crippen molar-refractivity contribution in [3.63, 3.8) is 0 Å². The van der Waals surface area contributed by atoms with Crippen LogP contribution >= 0.6 is 0 Å². The van der Waals surface area contributed by atoms with Crippen molar-refractivity contribution in [1.82, 2.24) is 15.0 Å². The molecule has 134 valence electrons. The van der Waals surface area contributed by atoms with Gasteiger partial charge in [-0.3, -0.25) is 0 Å². The summed E-state index contributed by atoms with van der Waals surface area (Å²) in [7, 11) is 3.39. The van der Waals surface area contributed by atoms with Crippen LogP contribution in [0.5, 0.6) is 6.01 Å². The fraction of sp³-hybridized carbons (Fsp3) is 0.824. The summed E-state index contributed by atoms with van der Waals surface area (Å²) < 4.78 is 10.8. The van der Waals surface area contributed by atoms with E-state index in [9.17, 15) is 0 Å². The Kier molecular flexibility index (Phi) is 6.07. The first-order valence-electron chi connectivity index (χ1n) is 9.13. The zero-order chi connectivity index (χ0) is 16.8. The maximum atomic E-state index is 5.51. The Hall–Kier alpha value is -1.63. The number of methoxy groups -OCH3 is 2. The van der Waals surface area contributed by atoms with Gasteiger partial charge in [0, 0.05) is 26.2 Å². The van der Waals surface area contributed by atoms with Crippen LogP contribution < -0.4 is 15.0 Å². The Balaban J connectivity index is 1.73. The maximum Gasteiger partial charge on any atom is 0.322 e. The molecule has 3 rings (SSSR count). The van der Waals surface area contributed by atoms with E-state index in [1.54, 1.807) is 14.2 Å². The second-order valence-electron chi connectivity index (χ2n) is 6.71. The number of hydrogen-bond donors (Lipinski definition) is 1. The Morgan fingerprint density at radius 3 is 2.46 bits per heavy atom. The van der Waals surface area contributed by atoms with Crippen LogP contribution in [0.15, 0.2) is 0 Å². The third-order valence-electron chi connectivity index (χ3n) is 4.97. The van der Waals surface area contributed by atoms with Crippen molar-refractivity contribution in [3.05, 3.63) is 0 Å². The van der Waals surface area contributed by atoms with E-state index in [1.165, 1.54) is 25.7 Å². The molecular weight excluding hydrogens is 306 g/mol. The second kappa shape index (κ2) is 8.46. The minimum absolute atomic E-state index is 0.324. The van der Waals surface area contributed by atoms with E-state index in [0.29, 0.717) is 24.1 Å². The van der Waals surface area contributed by atoms with E-state index >= 15 is 0 Å². The van der Waals surface area contributed by atoms with Crippen LogP contribution in [-0.4, -0.2) is 54.4 Å². The van der Waals surface area contributed by atoms with Crippen LogP contribution in [0, 0.1) is 0 Å². The maximum absolute atomic E-state index is 5.51. The number of rotatable bonds is 5. The molecule has 2 fully saturated rings. The van der Waals surface area contributed by atoms with Gasteiger partial charge in [-0.15, -0.1) is 0 Å². The van der Waals surface area contributed by atoms with Crippen molar-refractivity contribution >= 4 is 11.9 Å². The largest absolute Gasteiger partial charge is 0.467 e. The summed E-state index contributed by atoms with van der Waals surface area (Å²) in [5.74, 6) is 1.34. The molecule has 2 heterocycles. The minimum atomic E-state index is 0.324. The number of nitrogens with zero attached hydrogens (tertiary/aromatic N) is 4. The molecule has 0 radical (unpaired) electrons. The van der Waals surface area contributed by atoms with Crippen molar-refractivity contribution in [1.29, 1.82) is 0 Å². The van der Waals surface area contributed by atoms with Crippen molar-refractivity contribution in [2.24, 2.45) is 0 Å². The van der Waals surface area contributed by atoms with E-state index in [2.05, 4.69) is 25.2 Å². The highest BCUT2D eigenvalue weighted by atomic mass is 16.5. The first kappa shape index (κ1) is 17.2. The molecule has 0 bridgehead atoms. The van der Waals surface area contributed by atoms with Crippen LogP contribution in [0.1, 0.15) is 51.4 Å². The molecule has 2 unspecified atom stereocenters. The van der Waals surface area contributed by atoms with E-state index in [0.717, 1.165) is 44.7 Å². The average molecular weight is 335 g/mol. The lowest BCUT2D eigenvalue weighted by Gasteiger charge is -2.29. The normalized spacial score (nSPS) is 25.2. The predicted octanol–water partition coefficient (Wildman–Crippen LogP) is 2.63. The molecule has 2 atom stereocenters. The lowest BCUT2D eigenvalue weighted by molar-refractivity contribution is 0.0668.